The van der Waals surface area contributed by atoms with E-state index in [1.54, 1.807) is 17.8 Å². The third kappa shape index (κ3) is 5.57. The number of rotatable bonds is 7. The van der Waals surface area contributed by atoms with Crippen LogP contribution in [-0.2, 0) is 13.2 Å². The summed E-state index contributed by atoms with van der Waals surface area (Å²) >= 11 is 6.38. The predicted molar refractivity (Wildman–Crippen MR) is 123 cm³/mol. The minimum atomic E-state index is -4.59. The summed E-state index contributed by atoms with van der Waals surface area (Å²) in [6.07, 6.45) is -2.09. The topological polar surface area (TPSA) is 68.2 Å². The van der Waals surface area contributed by atoms with E-state index in [2.05, 4.69) is 15.7 Å². The number of aryl methyl sites for hydroxylation is 2. The van der Waals surface area contributed by atoms with Crippen molar-refractivity contribution < 1.29 is 22.7 Å². The molecule has 0 bridgehead atoms. The molecule has 0 saturated heterocycles. The van der Waals surface area contributed by atoms with Crippen molar-refractivity contribution in [3.8, 4) is 5.75 Å². The zero-order valence-corrected chi connectivity index (χ0v) is 19.4. The summed E-state index contributed by atoms with van der Waals surface area (Å²) in [6, 6.07) is 5.31. The zero-order valence-electron chi connectivity index (χ0n) is 17.8. The van der Waals surface area contributed by atoms with E-state index in [1.807, 2.05) is 13.8 Å². The summed E-state index contributed by atoms with van der Waals surface area (Å²) < 4.78 is 47.5. The minimum absolute atomic E-state index is 0.0971. The van der Waals surface area contributed by atoms with Crippen molar-refractivity contribution in [1.29, 1.82) is 0 Å². The number of alkyl halides is 3. The van der Waals surface area contributed by atoms with Gasteiger partial charge >= 0.3 is 6.18 Å². The Morgan fingerprint density at radius 2 is 2.03 bits per heavy atom. The highest BCUT2D eigenvalue weighted by atomic mass is 32.1. The number of nitrogens with one attached hydrogen (secondary N) is 2. The maximum absolute atomic E-state index is 13.5. The first-order valence-electron chi connectivity index (χ1n) is 9.99. The number of hydrogen-bond donors (Lipinski definition) is 2. The molecule has 11 heteroatoms. The largest absolute Gasteiger partial charge is 0.493 e. The molecule has 0 fully saturated rings. The molecule has 0 saturated carbocycles. The molecule has 0 radical (unpaired) electrons. The standard InChI is InChI=1S/C21H23F3N4O2S2/c1-4-5-6-9-30-16-8-7-13(10-15(16)21(22,23)24)25-20(31)26-18(29)17-11-14-12(2)27-28(3)19(14)32-17/h7-8,10-11H,4-6,9H2,1-3H3,(H2,25,26,29,31). The second kappa shape index (κ2) is 9.86. The SMILES string of the molecule is CCCCCOc1ccc(NC(=S)NC(=O)c2cc3c(C)nn(C)c3s2)cc1C(F)(F)F. The number of carbonyl (C=O) groups is 1. The van der Waals surface area contributed by atoms with Crippen LogP contribution in [0.1, 0.15) is 47.1 Å². The first kappa shape index (κ1) is 24.0. The Bertz CT molecular complexity index is 1100. The average molecular weight is 485 g/mol. The maximum atomic E-state index is 13.5. The van der Waals surface area contributed by atoms with Gasteiger partial charge in [-0.05, 0) is 49.8 Å². The molecule has 3 aromatic rings. The first-order chi connectivity index (χ1) is 15.1. The van der Waals surface area contributed by atoms with Crippen molar-refractivity contribution in [1.82, 2.24) is 15.1 Å². The van der Waals surface area contributed by atoms with Gasteiger partial charge in [0.05, 0.1) is 22.7 Å². The van der Waals surface area contributed by atoms with Crippen LogP contribution in [0.4, 0.5) is 18.9 Å². The molecule has 6 nitrogen and oxygen atoms in total. The van der Waals surface area contributed by atoms with Gasteiger partial charge < -0.3 is 10.1 Å². The molecule has 32 heavy (non-hydrogen) atoms. The van der Waals surface area contributed by atoms with Crippen LogP contribution in [0.25, 0.3) is 10.2 Å². The number of benzene rings is 1. The van der Waals surface area contributed by atoms with E-state index in [0.717, 1.165) is 34.8 Å². The van der Waals surface area contributed by atoms with E-state index < -0.39 is 17.6 Å². The molecule has 0 spiro atoms. The number of halogens is 3. The molecule has 3 rings (SSSR count). The van der Waals surface area contributed by atoms with Crippen LogP contribution in [0.3, 0.4) is 0 Å². The van der Waals surface area contributed by atoms with Crippen molar-refractivity contribution in [3.05, 3.63) is 40.4 Å². The molecule has 172 valence electrons. The molecule has 0 atom stereocenters. The van der Waals surface area contributed by atoms with Crippen molar-refractivity contribution in [2.24, 2.45) is 7.05 Å². The van der Waals surface area contributed by atoms with Gasteiger partial charge in [0.15, 0.2) is 5.11 Å². The first-order valence-corrected chi connectivity index (χ1v) is 11.2. The average Bonchev–Trinajstić information content (AvgIpc) is 3.27. The maximum Gasteiger partial charge on any atom is 0.420 e. The van der Waals surface area contributed by atoms with Crippen LogP contribution in [-0.4, -0.2) is 27.4 Å². The fourth-order valence-corrected chi connectivity index (χ4v) is 4.36. The number of carbonyl (C=O) groups excluding carboxylic acids is 1. The molecule has 1 amide bonds. The fourth-order valence-electron chi connectivity index (χ4n) is 3.13. The molecule has 2 aromatic heterocycles. The van der Waals surface area contributed by atoms with Crippen molar-refractivity contribution in [3.63, 3.8) is 0 Å². The molecular weight excluding hydrogens is 461 g/mol. The van der Waals surface area contributed by atoms with Gasteiger partial charge in [0.1, 0.15) is 10.6 Å². The van der Waals surface area contributed by atoms with E-state index in [4.69, 9.17) is 17.0 Å². The van der Waals surface area contributed by atoms with Gasteiger partial charge in [0, 0.05) is 18.1 Å². The van der Waals surface area contributed by atoms with Crippen LogP contribution < -0.4 is 15.4 Å². The van der Waals surface area contributed by atoms with Crippen LogP contribution in [0, 0.1) is 6.92 Å². The Morgan fingerprint density at radius 1 is 1.28 bits per heavy atom. The molecule has 2 N–H and O–H groups in total. The quantitative estimate of drug-likeness (QED) is 0.335. The van der Waals surface area contributed by atoms with Gasteiger partial charge in [-0.3, -0.25) is 14.8 Å². The molecule has 0 aliphatic carbocycles. The lowest BCUT2D eigenvalue weighted by Gasteiger charge is -2.16. The number of unbranched alkanes of at least 4 members (excludes halogenated alkanes) is 2. The summed E-state index contributed by atoms with van der Waals surface area (Å²) in [4.78, 5) is 13.8. The Hall–Kier alpha value is -2.66. The third-order valence-electron chi connectivity index (χ3n) is 4.70. The summed E-state index contributed by atoms with van der Waals surface area (Å²) in [6.45, 7) is 4.06. The van der Waals surface area contributed by atoms with Gasteiger partial charge in [-0.25, -0.2) is 0 Å². The lowest BCUT2D eigenvalue weighted by atomic mass is 10.1. The van der Waals surface area contributed by atoms with E-state index in [9.17, 15) is 18.0 Å². The predicted octanol–water partition coefficient (Wildman–Crippen LogP) is 5.66. The van der Waals surface area contributed by atoms with Crippen LogP contribution in [0.5, 0.6) is 5.75 Å². The number of fused-ring (bicyclic) bond motifs is 1. The summed E-state index contributed by atoms with van der Waals surface area (Å²) in [5, 5.41) is 10.2. The van der Waals surface area contributed by atoms with Crippen LogP contribution >= 0.6 is 23.6 Å². The Morgan fingerprint density at radius 3 is 2.69 bits per heavy atom. The van der Waals surface area contributed by atoms with Gasteiger partial charge in [-0.15, -0.1) is 11.3 Å². The molecular formula is C21H23F3N4O2S2. The Kier molecular flexibility index (Phi) is 7.40. The van der Waals surface area contributed by atoms with Gasteiger partial charge in [0.2, 0.25) is 0 Å². The summed E-state index contributed by atoms with van der Waals surface area (Å²) in [5.41, 5.74) is -0.00397. The van der Waals surface area contributed by atoms with Gasteiger partial charge in [-0.2, -0.15) is 18.3 Å². The molecule has 1 aromatic carbocycles. The van der Waals surface area contributed by atoms with E-state index in [0.29, 0.717) is 11.3 Å². The number of amides is 1. The highest BCUT2D eigenvalue weighted by Crippen LogP contribution is 2.38. The van der Waals surface area contributed by atoms with Crippen molar-refractivity contribution >= 4 is 50.5 Å². The fraction of sp³-hybridized carbons (Fsp3) is 0.381. The molecule has 2 heterocycles. The van der Waals surface area contributed by atoms with Crippen LogP contribution in [0.2, 0.25) is 0 Å². The Balaban J connectivity index is 1.69. The molecule has 0 unspecified atom stereocenters. The zero-order chi connectivity index (χ0) is 23.5. The van der Waals surface area contributed by atoms with Crippen molar-refractivity contribution in [2.75, 3.05) is 11.9 Å². The number of nitrogens with zero attached hydrogens (tertiary/aromatic N) is 2. The molecule has 0 aliphatic heterocycles. The lowest BCUT2D eigenvalue weighted by molar-refractivity contribution is -0.138. The minimum Gasteiger partial charge on any atom is -0.493 e. The number of anilines is 1. The van der Waals surface area contributed by atoms with E-state index in [1.165, 1.54) is 23.5 Å². The highest BCUT2D eigenvalue weighted by Gasteiger charge is 2.35. The molecule has 0 aliphatic rings. The number of thiophene rings is 1. The summed E-state index contributed by atoms with van der Waals surface area (Å²) in [5.74, 6) is -0.682. The third-order valence-corrected chi connectivity index (χ3v) is 6.10. The van der Waals surface area contributed by atoms with E-state index >= 15 is 0 Å². The number of thiocarbonyl (C=S) groups is 1. The highest BCUT2D eigenvalue weighted by molar-refractivity contribution is 7.80. The second-order valence-corrected chi connectivity index (χ2v) is 8.65. The second-order valence-electron chi connectivity index (χ2n) is 7.21. The Labute approximate surface area is 192 Å². The number of ether oxygens (including phenoxy) is 1. The lowest BCUT2D eigenvalue weighted by Crippen LogP contribution is -2.33. The summed E-state index contributed by atoms with van der Waals surface area (Å²) in [7, 11) is 1.79. The van der Waals surface area contributed by atoms with Gasteiger partial charge in [-0.1, -0.05) is 19.8 Å². The van der Waals surface area contributed by atoms with Crippen LogP contribution in [0.15, 0.2) is 24.3 Å². The van der Waals surface area contributed by atoms with Crippen molar-refractivity contribution in [2.45, 2.75) is 39.3 Å². The normalized spacial score (nSPS) is 11.6. The van der Waals surface area contributed by atoms with Gasteiger partial charge in [0.25, 0.3) is 5.91 Å². The smallest absolute Gasteiger partial charge is 0.420 e. The number of hydrogen-bond acceptors (Lipinski definition) is 5. The number of aromatic nitrogens is 2. The monoisotopic (exact) mass is 484 g/mol. The van der Waals surface area contributed by atoms with E-state index in [-0.39, 0.29) is 23.2 Å².